The molecule has 0 bridgehead atoms. The zero-order valence-electron chi connectivity index (χ0n) is 19.6. The van der Waals surface area contributed by atoms with Crippen LogP contribution < -0.4 is 5.73 Å². The fraction of sp³-hybridized carbons (Fsp3) is 0.905. The highest BCUT2D eigenvalue weighted by atomic mass is 32.2. The maximum Gasteiger partial charge on any atom is 0.302 e. The summed E-state index contributed by atoms with van der Waals surface area (Å²) < 4.78 is 56.2. The number of nitrogens with zero attached hydrogens (tertiary/aromatic N) is 1. The Kier molecular flexibility index (Phi) is 14.2. The Bertz CT molecular complexity index is 699. The van der Waals surface area contributed by atoms with E-state index in [0.29, 0.717) is 6.42 Å². The van der Waals surface area contributed by atoms with Crippen molar-refractivity contribution in [2.45, 2.75) is 101 Å². The normalized spacial score (nSPS) is 16.4. The van der Waals surface area contributed by atoms with E-state index in [-0.39, 0.29) is 10.9 Å². The van der Waals surface area contributed by atoms with Crippen molar-refractivity contribution in [1.29, 1.82) is 0 Å². The summed E-state index contributed by atoms with van der Waals surface area (Å²) in [5.41, 5.74) is 4.81. The highest BCUT2D eigenvalue weighted by Crippen LogP contribution is 2.32. The van der Waals surface area contributed by atoms with E-state index in [1.807, 2.05) is 0 Å². The molecule has 0 radical (unpaired) electrons. The molecule has 0 rings (SSSR count). The zero-order valence-corrected chi connectivity index (χ0v) is 21.2. The molecular formula is C21H42N2O6S2. The number of hydrogen-bond acceptors (Lipinski definition) is 6. The van der Waals surface area contributed by atoms with Gasteiger partial charge in [-0.1, -0.05) is 77.6 Å². The Morgan fingerprint density at radius 1 is 1.00 bits per heavy atom. The summed E-state index contributed by atoms with van der Waals surface area (Å²) in [6.45, 7) is 2.21. The summed E-state index contributed by atoms with van der Waals surface area (Å²) in [7, 11) is -0.153. The van der Waals surface area contributed by atoms with Gasteiger partial charge >= 0.3 is 10.1 Å². The number of nitrogens with two attached hydrogens (primary N) is 1. The summed E-state index contributed by atoms with van der Waals surface area (Å²) in [5, 5.41) is -1.90. The lowest BCUT2D eigenvalue weighted by molar-refractivity contribution is -0.923. The first-order valence-corrected chi connectivity index (χ1v) is 13.8. The molecule has 0 saturated carbocycles. The fourth-order valence-corrected chi connectivity index (χ4v) is 5.96. The number of carbonyl (C=O) groups excluding carboxylic acids is 1. The van der Waals surface area contributed by atoms with E-state index in [0.717, 1.165) is 31.6 Å². The predicted octanol–water partition coefficient (Wildman–Crippen LogP) is 3.29. The second-order valence-corrected chi connectivity index (χ2v) is 11.6. The van der Waals surface area contributed by atoms with Crippen molar-refractivity contribution in [3.8, 4) is 0 Å². The number of hydrogen-bond donors (Lipinski definition) is 2. The van der Waals surface area contributed by atoms with E-state index in [1.165, 1.54) is 44.9 Å². The average molecular weight is 483 g/mol. The molecule has 0 aliphatic rings. The molecule has 0 saturated heterocycles. The van der Waals surface area contributed by atoms with Crippen LogP contribution in [0, 0.1) is 0 Å². The third-order valence-corrected chi connectivity index (χ3v) is 8.00. The van der Waals surface area contributed by atoms with Crippen molar-refractivity contribution in [3.63, 3.8) is 0 Å². The molecule has 0 spiro atoms. The molecule has 0 aliphatic heterocycles. The van der Waals surface area contributed by atoms with Crippen LogP contribution >= 0.6 is 0 Å². The lowest BCUT2D eigenvalue weighted by Gasteiger charge is -2.48. The minimum Gasteiger partial charge on any atom is -0.772 e. The van der Waals surface area contributed by atoms with E-state index in [2.05, 4.69) is 6.92 Å². The van der Waals surface area contributed by atoms with Crippen molar-refractivity contribution in [2.75, 3.05) is 21.1 Å². The second kappa shape index (κ2) is 14.5. The van der Waals surface area contributed by atoms with Crippen molar-refractivity contribution < 1.29 is 31.0 Å². The van der Waals surface area contributed by atoms with Gasteiger partial charge in [-0.2, -0.15) is 8.42 Å². The first kappa shape index (κ1) is 30.4. The third kappa shape index (κ3) is 10.7. The number of quaternary nitrogens is 1. The van der Waals surface area contributed by atoms with Crippen molar-refractivity contribution in [3.05, 3.63) is 4.91 Å². The van der Waals surface area contributed by atoms with Gasteiger partial charge in [0.2, 0.25) is 0 Å². The summed E-state index contributed by atoms with van der Waals surface area (Å²) in [6, 6.07) is 0. The SMILES string of the molecule is CCCCCCCCCCCCCCC(N)(C(C(=C=O)S(=O)(=O)O)S(=O)[O-])[N+](C)(C)C. The lowest BCUT2D eigenvalue weighted by Crippen LogP contribution is -2.71. The molecule has 3 atom stereocenters. The predicted molar refractivity (Wildman–Crippen MR) is 124 cm³/mol. The monoisotopic (exact) mass is 482 g/mol. The molecule has 0 aromatic heterocycles. The molecule has 0 heterocycles. The number of rotatable bonds is 18. The van der Waals surface area contributed by atoms with E-state index in [4.69, 9.17) is 5.73 Å². The molecule has 0 aromatic rings. The van der Waals surface area contributed by atoms with Crippen molar-refractivity contribution >= 4 is 27.1 Å². The molecule has 0 amide bonds. The number of unbranched alkanes of at least 4 members (excludes halogenated alkanes) is 11. The average Bonchev–Trinajstić information content (AvgIpc) is 2.64. The Morgan fingerprint density at radius 3 is 1.68 bits per heavy atom. The van der Waals surface area contributed by atoms with Crippen molar-refractivity contribution in [1.82, 2.24) is 0 Å². The van der Waals surface area contributed by atoms with Gasteiger partial charge in [0.15, 0.2) is 10.6 Å². The van der Waals surface area contributed by atoms with Crippen LogP contribution in [0.2, 0.25) is 0 Å². The summed E-state index contributed by atoms with van der Waals surface area (Å²) >= 11 is -3.04. The molecule has 3 unspecified atom stereocenters. The van der Waals surface area contributed by atoms with Crippen LogP contribution in [-0.2, 0) is 26.0 Å². The van der Waals surface area contributed by atoms with Gasteiger partial charge in [0.25, 0.3) is 0 Å². The van der Waals surface area contributed by atoms with Gasteiger partial charge < -0.3 is 9.04 Å². The van der Waals surface area contributed by atoms with Crippen LogP contribution in [0.3, 0.4) is 0 Å². The van der Waals surface area contributed by atoms with E-state index < -0.39 is 37.0 Å². The van der Waals surface area contributed by atoms with Crippen LogP contribution in [-0.4, -0.2) is 64.2 Å². The van der Waals surface area contributed by atoms with Crippen LogP contribution in [0.4, 0.5) is 0 Å². The van der Waals surface area contributed by atoms with Gasteiger partial charge in [-0.25, -0.2) is 4.79 Å². The van der Waals surface area contributed by atoms with E-state index >= 15 is 0 Å². The minimum atomic E-state index is -5.05. The summed E-state index contributed by atoms with van der Waals surface area (Å²) in [6.07, 6.45) is 13.7. The molecule has 3 N–H and O–H groups in total. The molecule has 31 heavy (non-hydrogen) atoms. The van der Waals surface area contributed by atoms with Gasteiger partial charge in [-0.15, -0.1) is 0 Å². The highest BCUT2D eigenvalue weighted by molar-refractivity contribution is 7.92. The van der Waals surface area contributed by atoms with Crippen molar-refractivity contribution in [2.24, 2.45) is 5.73 Å². The van der Waals surface area contributed by atoms with Gasteiger partial charge in [0, 0.05) is 6.42 Å². The van der Waals surface area contributed by atoms with Crippen LogP contribution in [0.25, 0.3) is 0 Å². The zero-order chi connectivity index (χ0) is 24.1. The van der Waals surface area contributed by atoms with Gasteiger partial charge in [0.1, 0.15) is 11.2 Å². The smallest absolute Gasteiger partial charge is 0.302 e. The summed E-state index contributed by atoms with van der Waals surface area (Å²) in [5.74, 6) is 1.09. The third-order valence-electron chi connectivity index (χ3n) is 5.94. The van der Waals surface area contributed by atoms with Crippen LogP contribution in [0.5, 0.6) is 0 Å². The standard InChI is InChI=1S/C21H42N2O6S2/c1-5-6-7-8-9-10-11-12-13-14-15-16-17-21(22,23(2,3)4)20(30(25)26)19(18-24)31(27,28)29/h20H,5-17,22H2,1-4H3,(H-,25,26,27,28,29). The van der Waals surface area contributed by atoms with Crippen LogP contribution in [0.1, 0.15) is 90.4 Å². The molecule has 0 aliphatic carbocycles. The Morgan fingerprint density at radius 2 is 1.39 bits per heavy atom. The molecular weight excluding hydrogens is 440 g/mol. The second-order valence-electron chi connectivity index (χ2n) is 9.22. The summed E-state index contributed by atoms with van der Waals surface area (Å²) in [4.78, 5) is 9.97. The Labute approximate surface area is 191 Å². The van der Waals surface area contributed by atoms with Gasteiger partial charge in [-0.3, -0.25) is 14.5 Å². The maximum atomic E-state index is 11.9. The molecule has 10 heteroatoms. The Hall–Kier alpha value is -0.610. The Balaban J connectivity index is 4.77. The molecule has 8 nitrogen and oxygen atoms in total. The lowest BCUT2D eigenvalue weighted by atomic mass is 9.94. The molecule has 184 valence electrons. The fourth-order valence-electron chi connectivity index (χ4n) is 3.79. The topological polar surface area (TPSA) is 138 Å². The highest BCUT2D eigenvalue weighted by Gasteiger charge is 2.52. The quantitative estimate of drug-likeness (QED) is 0.0763. The van der Waals surface area contributed by atoms with E-state index in [1.54, 1.807) is 21.1 Å². The van der Waals surface area contributed by atoms with Crippen LogP contribution in [0.15, 0.2) is 4.91 Å². The van der Waals surface area contributed by atoms with E-state index in [9.17, 15) is 26.5 Å². The first-order valence-electron chi connectivity index (χ1n) is 11.2. The largest absolute Gasteiger partial charge is 0.772 e. The van der Waals surface area contributed by atoms with Gasteiger partial charge in [0.05, 0.1) is 21.1 Å². The molecule has 0 aromatic carbocycles. The van der Waals surface area contributed by atoms with Gasteiger partial charge in [-0.05, 0) is 17.5 Å². The maximum absolute atomic E-state index is 11.9. The molecule has 0 fully saturated rings. The first-order chi connectivity index (χ1) is 14.3. The minimum absolute atomic E-state index is 0.107.